The molecule has 0 radical (unpaired) electrons. The summed E-state index contributed by atoms with van der Waals surface area (Å²) in [5.74, 6) is -1.08. The molecule has 1 saturated carbocycles. The smallest absolute Gasteiger partial charge is 0.308 e. The number of carboxylic acid groups (broad SMARTS) is 1. The Hall–Kier alpha value is -1.10. The van der Waals surface area contributed by atoms with Crippen LogP contribution < -0.4 is 5.73 Å². The number of carbonyl (C=O) groups is 2. The zero-order chi connectivity index (χ0) is 12.8. The van der Waals surface area contributed by atoms with Crippen LogP contribution in [0.1, 0.15) is 26.7 Å². The average Bonchev–Trinajstić information content (AvgIpc) is 3.01. The molecule has 3 atom stereocenters. The summed E-state index contributed by atoms with van der Waals surface area (Å²) in [6, 6.07) is 0. The Morgan fingerprint density at radius 1 is 1.35 bits per heavy atom. The number of hydrogen-bond acceptors (Lipinski definition) is 3. The second-order valence-corrected chi connectivity index (χ2v) is 5.69. The average molecular weight is 240 g/mol. The summed E-state index contributed by atoms with van der Waals surface area (Å²) in [4.78, 5) is 24.9. The number of carboxylic acids is 1. The predicted octanol–water partition coefficient (Wildman–Crippen LogP) is 0.293. The minimum Gasteiger partial charge on any atom is -0.481 e. The molecule has 0 bridgehead atoms. The third kappa shape index (κ3) is 2.16. The van der Waals surface area contributed by atoms with Gasteiger partial charge in [0, 0.05) is 13.1 Å². The highest BCUT2D eigenvalue weighted by molar-refractivity contribution is 5.87. The van der Waals surface area contributed by atoms with E-state index < -0.39 is 17.4 Å². The Morgan fingerprint density at radius 3 is 2.35 bits per heavy atom. The van der Waals surface area contributed by atoms with Crippen LogP contribution in [-0.2, 0) is 9.59 Å². The first-order valence-electron chi connectivity index (χ1n) is 6.15. The van der Waals surface area contributed by atoms with Gasteiger partial charge >= 0.3 is 5.97 Å². The van der Waals surface area contributed by atoms with Crippen LogP contribution in [-0.4, -0.2) is 40.5 Å². The number of hydrogen-bond donors (Lipinski definition) is 2. The summed E-state index contributed by atoms with van der Waals surface area (Å²) in [5.41, 5.74) is 5.26. The summed E-state index contributed by atoms with van der Waals surface area (Å²) in [6.45, 7) is 4.45. The van der Waals surface area contributed by atoms with Crippen molar-refractivity contribution in [2.24, 2.45) is 23.5 Å². The van der Waals surface area contributed by atoms with Crippen molar-refractivity contribution in [3.05, 3.63) is 0 Å². The number of aliphatic carboxylic acids is 1. The molecule has 1 aliphatic heterocycles. The van der Waals surface area contributed by atoms with E-state index >= 15 is 0 Å². The van der Waals surface area contributed by atoms with Gasteiger partial charge in [-0.25, -0.2) is 0 Å². The molecule has 2 aliphatic rings. The van der Waals surface area contributed by atoms with Gasteiger partial charge in [-0.05, 0) is 31.6 Å². The van der Waals surface area contributed by atoms with Crippen molar-refractivity contribution in [3.8, 4) is 0 Å². The van der Waals surface area contributed by atoms with Gasteiger partial charge in [-0.1, -0.05) is 6.92 Å². The second kappa shape index (κ2) is 3.98. The molecule has 0 spiro atoms. The molecule has 96 valence electrons. The van der Waals surface area contributed by atoms with Crippen LogP contribution in [0.15, 0.2) is 0 Å². The maximum absolute atomic E-state index is 12.3. The molecule has 0 aromatic heterocycles. The van der Waals surface area contributed by atoms with Gasteiger partial charge in [0.15, 0.2) is 0 Å². The molecule has 1 saturated heterocycles. The lowest BCUT2D eigenvalue weighted by molar-refractivity contribution is -0.142. The van der Waals surface area contributed by atoms with Crippen molar-refractivity contribution < 1.29 is 14.7 Å². The first-order valence-corrected chi connectivity index (χ1v) is 6.15. The van der Waals surface area contributed by atoms with Crippen molar-refractivity contribution in [1.29, 1.82) is 0 Å². The first-order chi connectivity index (χ1) is 7.84. The van der Waals surface area contributed by atoms with E-state index in [0.29, 0.717) is 13.1 Å². The van der Waals surface area contributed by atoms with Crippen molar-refractivity contribution in [2.45, 2.75) is 32.2 Å². The number of nitrogens with zero attached hydrogens (tertiary/aromatic N) is 1. The molecule has 0 aromatic rings. The Kier molecular flexibility index (Phi) is 2.89. The second-order valence-electron chi connectivity index (χ2n) is 5.69. The van der Waals surface area contributed by atoms with Gasteiger partial charge in [0.1, 0.15) is 0 Å². The SMILES string of the molecule is C[C@@H]1CN(C(=O)C(C)(N)C2CC2)C[C@H]1C(=O)O. The molecular weight excluding hydrogens is 220 g/mol. The summed E-state index contributed by atoms with van der Waals surface area (Å²) in [7, 11) is 0. The van der Waals surface area contributed by atoms with Crippen LogP contribution >= 0.6 is 0 Å². The highest BCUT2D eigenvalue weighted by Crippen LogP contribution is 2.39. The fraction of sp³-hybridized carbons (Fsp3) is 0.833. The minimum atomic E-state index is -0.821. The van der Waals surface area contributed by atoms with E-state index in [-0.39, 0.29) is 17.7 Å². The van der Waals surface area contributed by atoms with Crippen LogP contribution in [0.3, 0.4) is 0 Å². The summed E-state index contributed by atoms with van der Waals surface area (Å²) in [6.07, 6.45) is 2.01. The monoisotopic (exact) mass is 240 g/mol. The number of amides is 1. The molecule has 5 nitrogen and oxygen atoms in total. The molecule has 1 aliphatic carbocycles. The van der Waals surface area contributed by atoms with Crippen molar-refractivity contribution >= 4 is 11.9 Å². The first kappa shape index (κ1) is 12.4. The number of nitrogens with two attached hydrogens (primary N) is 1. The quantitative estimate of drug-likeness (QED) is 0.742. The number of rotatable bonds is 3. The van der Waals surface area contributed by atoms with Crippen LogP contribution in [0, 0.1) is 17.8 Å². The molecule has 1 heterocycles. The van der Waals surface area contributed by atoms with Gasteiger partial charge in [0.2, 0.25) is 5.91 Å². The normalized spacial score (nSPS) is 32.3. The minimum absolute atomic E-state index is 0.00598. The maximum Gasteiger partial charge on any atom is 0.308 e. The van der Waals surface area contributed by atoms with Gasteiger partial charge in [0.05, 0.1) is 11.5 Å². The third-order valence-corrected chi connectivity index (χ3v) is 4.10. The topological polar surface area (TPSA) is 83.6 Å². The zero-order valence-corrected chi connectivity index (χ0v) is 10.3. The van der Waals surface area contributed by atoms with Crippen molar-refractivity contribution in [1.82, 2.24) is 4.90 Å². The summed E-state index contributed by atoms with van der Waals surface area (Å²) in [5, 5.41) is 9.04. The Morgan fingerprint density at radius 2 is 1.94 bits per heavy atom. The summed E-state index contributed by atoms with van der Waals surface area (Å²) >= 11 is 0. The molecule has 1 unspecified atom stereocenters. The van der Waals surface area contributed by atoms with E-state index in [2.05, 4.69) is 0 Å². The molecule has 0 aromatic carbocycles. The van der Waals surface area contributed by atoms with Crippen LogP contribution in [0.25, 0.3) is 0 Å². The van der Waals surface area contributed by atoms with Gasteiger partial charge in [-0.15, -0.1) is 0 Å². The lowest BCUT2D eigenvalue weighted by atomic mass is 9.95. The van der Waals surface area contributed by atoms with Gasteiger partial charge in [0.25, 0.3) is 0 Å². The zero-order valence-electron chi connectivity index (χ0n) is 10.3. The standard InChI is InChI=1S/C12H20N2O3/c1-7-5-14(6-9(7)10(15)16)11(17)12(2,13)8-3-4-8/h7-9H,3-6,13H2,1-2H3,(H,15,16)/t7-,9-,12?/m1/s1. The maximum atomic E-state index is 12.3. The van der Waals surface area contributed by atoms with Crippen LogP contribution in [0.5, 0.6) is 0 Å². The van der Waals surface area contributed by atoms with E-state index in [0.717, 1.165) is 12.8 Å². The van der Waals surface area contributed by atoms with E-state index in [1.54, 1.807) is 11.8 Å². The third-order valence-electron chi connectivity index (χ3n) is 4.10. The lowest BCUT2D eigenvalue weighted by Gasteiger charge is -2.29. The van der Waals surface area contributed by atoms with E-state index in [4.69, 9.17) is 10.8 Å². The Balaban J connectivity index is 2.04. The molecule has 2 fully saturated rings. The van der Waals surface area contributed by atoms with Crippen molar-refractivity contribution in [3.63, 3.8) is 0 Å². The predicted molar refractivity (Wildman–Crippen MR) is 62.2 cm³/mol. The molecule has 5 heteroatoms. The fourth-order valence-electron chi connectivity index (χ4n) is 2.65. The molecule has 3 N–H and O–H groups in total. The lowest BCUT2D eigenvalue weighted by Crippen LogP contribution is -2.54. The van der Waals surface area contributed by atoms with Crippen LogP contribution in [0.2, 0.25) is 0 Å². The highest BCUT2D eigenvalue weighted by Gasteiger charge is 2.48. The van der Waals surface area contributed by atoms with Crippen LogP contribution in [0.4, 0.5) is 0 Å². The van der Waals surface area contributed by atoms with Crippen molar-refractivity contribution in [2.75, 3.05) is 13.1 Å². The summed E-state index contributed by atoms with van der Waals surface area (Å²) < 4.78 is 0. The fourth-order valence-corrected chi connectivity index (χ4v) is 2.65. The Bertz CT molecular complexity index is 350. The highest BCUT2D eigenvalue weighted by atomic mass is 16.4. The van der Waals surface area contributed by atoms with E-state index in [1.165, 1.54) is 0 Å². The Labute approximate surface area is 101 Å². The molecular formula is C12H20N2O3. The van der Waals surface area contributed by atoms with Gasteiger partial charge in [-0.2, -0.15) is 0 Å². The molecule has 2 rings (SSSR count). The molecule has 1 amide bonds. The van der Waals surface area contributed by atoms with E-state index in [1.807, 2.05) is 6.92 Å². The van der Waals surface area contributed by atoms with Gasteiger partial charge in [-0.3, -0.25) is 9.59 Å². The largest absolute Gasteiger partial charge is 0.481 e. The number of likely N-dealkylation sites (tertiary alicyclic amines) is 1. The number of carbonyl (C=O) groups excluding carboxylic acids is 1. The van der Waals surface area contributed by atoms with E-state index in [9.17, 15) is 9.59 Å². The molecule has 17 heavy (non-hydrogen) atoms. The van der Waals surface area contributed by atoms with Gasteiger partial charge < -0.3 is 15.7 Å².